The Balaban J connectivity index is 0.00000518. The first kappa shape index (κ1) is 90.0. The Morgan fingerprint density at radius 2 is 0.872 bits per heavy atom. The molecule has 0 unspecified atom stereocenters. The van der Waals surface area contributed by atoms with Crippen molar-refractivity contribution in [2.75, 3.05) is 39.3 Å². The highest BCUT2D eigenvalue weighted by Gasteiger charge is 2.48. The van der Waals surface area contributed by atoms with Gasteiger partial charge in [0.15, 0.2) is 0 Å². The predicted molar refractivity (Wildman–Crippen MR) is 392 cm³/mol. The topological polar surface area (TPSA) is 548 Å². The van der Waals surface area contributed by atoms with Gasteiger partial charge in [-0.2, -0.15) is 0 Å². The number of carboxylic acid groups (broad SMARTS) is 2. The summed E-state index contributed by atoms with van der Waals surface area (Å²) in [7, 11) is 0. The van der Waals surface area contributed by atoms with Gasteiger partial charge in [-0.15, -0.1) is 0 Å². The number of aliphatic hydroxyl groups is 2. The van der Waals surface area contributed by atoms with Crippen molar-refractivity contribution < 1.29 is 102 Å². The summed E-state index contributed by atoms with van der Waals surface area (Å²) in [5.41, 5.74) is 11.9. The lowest BCUT2D eigenvalue weighted by Gasteiger charge is -2.35. The van der Waals surface area contributed by atoms with Gasteiger partial charge in [-0.25, -0.2) is 0 Å². The smallest absolute Gasteiger partial charge is 0.303 e. The molecule has 608 valence electrons. The molecule has 5 heterocycles. The maximum Gasteiger partial charge on any atom is 0.303 e. The summed E-state index contributed by atoms with van der Waals surface area (Å²) in [5.74, 6) is -15.1. The zero-order valence-corrected chi connectivity index (χ0v) is 63.4. The molecule has 5 aliphatic rings. The molecule has 0 aliphatic carbocycles. The first-order valence-corrected chi connectivity index (χ1v) is 38.2. The number of aliphatic carboxylic acids is 2. The Bertz CT molecular complexity index is 3340. The number of carboxylic acids is 2. The highest BCUT2D eigenvalue weighted by atomic mass is 16.4. The molecule has 109 heavy (non-hydrogen) atoms. The first-order chi connectivity index (χ1) is 51.8. The van der Waals surface area contributed by atoms with Crippen LogP contribution in [0.3, 0.4) is 0 Å². The van der Waals surface area contributed by atoms with Crippen molar-refractivity contribution in [1.29, 1.82) is 0 Å². The van der Waals surface area contributed by atoms with E-state index in [0.717, 1.165) is 39.5 Å². The third-order valence-corrected chi connectivity index (χ3v) is 20.4. The average molecular weight is 1540 g/mol. The molecule has 14 amide bonds. The molecule has 0 bridgehead atoms. The molecule has 5 fully saturated rings. The van der Waals surface area contributed by atoms with Crippen LogP contribution in [0.1, 0.15) is 195 Å². The Morgan fingerprint density at radius 3 is 1.33 bits per heavy atom. The lowest BCUT2D eigenvalue weighted by molar-refractivity contribution is -0.149. The van der Waals surface area contributed by atoms with Crippen LogP contribution < -0.4 is 59.3 Å². The largest absolute Gasteiger partial charge is 0.508 e. The molecule has 15 atom stereocenters. The van der Waals surface area contributed by atoms with Crippen molar-refractivity contribution in [3.63, 3.8) is 0 Å². The summed E-state index contributed by atoms with van der Waals surface area (Å²) in [5, 5.41) is 72.1. The maximum absolute atomic E-state index is 15.3. The second kappa shape index (κ2) is 44.8. The van der Waals surface area contributed by atoms with E-state index in [1.54, 1.807) is 13.8 Å². The summed E-state index contributed by atoms with van der Waals surface area (Å²) in [6.07, 6.45) is 3.29. The number of nitrogens with zero attached hydrogens (tertiary/aromatic N) is 4. The molecule has 5 aliphatic heterocycles. The van der Waals surface area contributed by atoms with E-state index in [9.17, 15) is 82.8 Å². The lowest BCUT2D eigenvalue weighted by atomic mass is 9.96. The Hall–Kier alpha value is -9.58. The van der Waals surface area contributed by atoms with Crippen LogP contribution in [0.2, 0.25) is 0 Å². The number of nitrogens with two attached hydrogens (primary N) is 2. The van der Waals surface area contributed by atoms with E-state index in [0.29, 0.717) is 56.9 Å². The SMILES string of the molecule is CC(=O)O.CCCCCCCC[C@@H]1NC(=O)[C@@H]2CCCN2C(=O)[C@H]2CCCN2C(=O)[C@H](Cc2ccc(O)cc2)NC(=O)[C@H](CCCCN)NC(=O)[C@H](CCC(N)=O)NC(=O)[C@@H]2CCCN2C(=O)[C@@H]2CCCN2C(=O)[C@H]([C@@H](C)CC)NC(=O)[C@H](CO)NC(=O)[C@H](C)NC(=O)[C@H]([C@@H](C)O)NC(=O)[C@H](CCC(=O)O)NC1=O. The monoisotopic (exact) mass is 1540 g/mol. The van der Waals surface area contributed by atoms with Crippen molar-refractivity contribution in [3.05, 3.63) is 29.8 Å². The van der Waals surface area contributed by atoms with Gasteiger partial charge in [0.1, 0.15) is 84.3 Å². The molecule has 0 spiro atoms. The second-order valence-corrected chi connectivity index (χ2v) is 28.8. The third kappa shape index (κ3) is 27.2. The molecule has 0 radical (unpaired) electrons. The Labute approximate surface area is 634 Å². The van der Waals surface area contributed by atoms with Crippen LogP contribution in [-0.2, 0) is 83.1 Å². The standard InChI is InChI=1S/C71H111N15O19.C2H4O2/c1-6-8-9-10-11-12-19-46-60(94)76-48(30-32-56(91)92)63(97)82-58(42(5)88)67(101)74-41(4)59(93)80-50(39-87)64(98)81-57(40(3)7-2)71(105)86-37-18-24-54(86)70(104)84-35-16-22-52(84)66(100)78-47(29-31-55(73)90)62(96)75-45(20-13-14-33-72)61(95)79-49(38-43-25-27-44(89)28-26-43)68(102)85-36-17-23-53(85)69(103)83-34-15-21-51(83)65(99)77-46;1-2(3)4/h25-28,40-42,45-54,57-58,87-89H,6-24,29-39,72H2,1-5H3,(H2,73,90)(H,74,101)(H,75,96)(H,76,94)(H,77,99)(H,78,100)(H,79,95)(H,80,93)(H,81,98)(H,82,97)(H,91,92);1H3,(H,3,4)/t40-,41-,42+,45-,46-,47-,48-,49-,50-,51-,52-,53+,54-,57-,58-;/m0./s1. The molecule has 18 N–H and O–H groups in total. The number of unbranched alkanes of at least 4 members (excludes halogenated alkanes) is 6. The van der Waals surface area contributed by atoms with Crippen LogP contribution in [0.15, 0.2) is 24.3 Å². The predicted octanol–water partition coefficient (Wildman–Crippen LogP) is -2.18. The maximum atomic E-state index is 15.3. The van der Waals surface area contributed by atoms with Crippen LogP contribution in [0, 0.1) is 5.92 Å². The molecule has 0 saturated carbocycles. The number of carbonyl (C=O) groups is 16. The number of primary amides is 1. The van der Waals surface area contributed by atoms with Gasteiger partial charge in [-0.05, 0) is 134 Å². The number of hydrogen-bond acceptors (Lipinski definition) is 20. The molecule has 6 rings (SSSR count). The van der Waals surface area contributed by atoms with E-state index in [1.807, 2.05) is 6.92 Å². The van der Waals surface area contributed by atoms with E-state index in [4.69, 9.17) is 21.4 Å². The van der Waals surface area contributed by atoms with Crippen LogP contribution in [0.25, 0.3) is 0 Å². The summed E-state index contributed by atoms with van der Waals surface area (Å²) in [6, 6.07) is -13.0. The summed E-state index contributed by atoms with van der Waals surface area (Å²) < 4.78 is 0. The van der Waals surface area contributed by atoms with Gasteiger partial charge in [-0.3, -0.25) is 76.7 Å². The fraction of sp³-hybridized carbons (Fsp3) is 0.699. The minimum Gasteiger partial charge on any atom is -0.508 e. The molecule has 36 heteroatoms. The molecule has 1 aromatic rings. The van der Waals surface area contributed by atoms with E-state index in [-0.39, 0.29) is 96.3 Å². The van der Waals surface area contributed by atoms with Crippen LogP contribution in [0.4, 0.5) is 0 Å². The van der Waals surface area contributed by atoms with Gasteiger partial charge in [0, 0.05) is 52.4 Å². The number of phenolic OH excluding ortho intramolecular Hbond substituents is 1. The first-order valence-electron chi connectivity index (χ1n) is 38.2. The number of nitrogens with one attached hydrogen (secondary N) is 9. The van der Waals surface area contributed by atoms with Gasteiger partial charge >= 0.3 is 5.97 Å². The number of carbonyl (C=O) groups excluding carboxylic acids is 14. The van der Waals surface area contributed by atoms with Crippen molar-refractivity contribution in [3.8, 4) is 5.75 Å². The molecule has 5 saturated heterocycles. The lowest BCUT2D eigenvalue weighted by Crippen LogP contribution is -2.62. The average Bonchev–Trinajstić information content (AvgIpc) is 1.68. The highest BCUT2D eigenvalue weighted by molar-refractivity contribution is 6.01. The second-order valence-electron chi connectivity index (χ2n) is 28.8. The fourth-order valence-corrected chi connectivity index (χ4v) is 14.1. The quantitative estimate of drug-likeness (QED) is 0.0518. The van der Waals surface area contributed by atoms with Crippen molar-refractivity contribution in [2.45, 2.75) is 280 Å². The minimum absolute atomic E-state index is 0.00909. The van der Waals surface area contributed by atoms with E-state index in [2.05, 4.69) is 47.9 Å². The number of hydrogen-bond donors (Lipinski definition) is 16. The van der Waals surface area contributed by atoms with Gasteiger partial charge in [0.2, 0.25) is 82.7 Å². The summed E-state index contributed by atoms with van der Waals surface area (Å²) in [4.78, 5) is 228. The third-order valence-electron chi connectivity index (χ3n) is 20.4. The van der Waals surface area contributed by atoms with E-state index < -0.39 is 211 Å². The number of amides is 14. The number of benzene rings is 1. The zero-order chi connectivity index (χ0) is 80.8. The number of rotatable bonds is 23. The summed E-state index contributed by atoms with van der Waals surface area (Å²) >= 11 is 0. The van der Waals surface area contributed by atoms with Crippen molar-refractivity contribution >= 4 is 94.6 Å². The minimum atomic E-state index is -1.88. The van der Waals surface area contributed by atoms with Crippen LogP contribution in [-0.4, -0.2) is 264 Å². The van der Waals surface area contributed by atoms with Gasteiger partial charge in [-0.1, -0.05) is 77.8 Å². The van der Waals surface area contributed by atoms with Gasteiger partial charge < -0.3 is 104 Å². The number of aliphatic hydroxyl groups excluding tert-OH is 2. The van der Waals surface area contributed by atoms with Gasteiger partial charge in [0.05, 0.1) is 12.7 Å². The van der Waals surface area contributed by atoms with Crippen LogP contribution in [0.5, 0.6) is 5.75 Å². The normalized spacial score (nSPS) is 27.2. The van der Waals surface area contributed by atoms with Gasteiger partial charge in [0.25, 0.3) is 5.97 Å². The number of aromatic hydroxyl groups is 1. The van der Waals surface area contributed by atoms with Crippen molar-refractivity contribution in [2.24, 2.45) is 17.4 Å². The fourth-order valence-electron chi connectivity index (χ4n) is 14.1. The molecule has 1 aromatic carbocycles. The highest BCUT2D eigenvalue weighted by Crippen LogP contribution is 2.30. The molecule has 36 nitrogen and oxygen atoms in total. The number of fused-ring (bicyclic) bond motifs is 4. The molecule has 0 aromatic heterocycles. The van der Waals surface area contributed by atoms with E-state index >= 15 is 9.59 Å². The van der Waals surface area contributed by atoms with Crippen molar-refractivity contribution in [1.82, 2.24) is 67.5 Å². The van der Waals surface area contributed by atoms with E-state index in [1.165, 1.54) is 50.8 Å². The Morgan fingerprint density at radius 1 is 0.477 bits per heavy atom. The molecular formula is C73H115N15O21. The summed E-state index contributed by atoms with van der Waals surface area (Å²) in [6.45, 7) is 8.17. The zero-order valence-electron chi connectivity index (χ0n) is 63.4. The molecular weight excluding hydrogens is 1420 g/mol. The number of phenols is 1. The Kier molecular flexibility index (Phi) is 37.0. The van der Waals surface area contributed by atoms with Crippen LogP contribution >= 0.6 is 0 Å².